The van der Waals surface area contributed by atoms with Gasteiger partial charge in [-0.2, -0.15) is 0 Å². The third kappa shape index (κ3) is 31.3. The molecule has 0 aliphatic rings. The van der Waals surface area contributed by atoms with E-state index in [-0.39, 0.29) is 20.4 Å². The first-order chi connectivity index (χ1) is 7.54. The van der Waals surface area contributed by atoms with E-state index in [2.05, 4.69) is 13.8 Å². The molecule has 17 heavy (non-hydrogen) atoms. The maximum Gasteiger partial charge on any atom is 0.303 e. The Morgan fingerprint density at radius 2 is 1.06 bits per heavy atom. The van der Waals surface area contributed by atoms with Crippen LogP contribution in [0.2, 0.25) is 0 Å². The van der Waals surface area contributed by atoms with Gasteiger partial charge in [0.25, 0.3) is 0 Å². The first kappa shape index (κ1) is 21.8. The average Bonchev–Trinajstić information content (AvgIpc) is 2.18. The van der Waals surface area contributed by atoms with Gasteiger partial charge in [-0.15, -0.1) is 0 Å². The van der Waals surface area contributed by atoms with Gasteiger partial charge in [-0.3, -0.25) is 9.59 Å². The molecule has 0 aromatic rings. The van der Waals surface area contributed by atoms with Gasteiger partial charge < -0.3 is 10.2 Å². The third-order valence-electron chi connectivity index (χ3n) is 1.99. The van der Waals surface area contributed by atoms with E-state index in [0.29, 0.717) is 12.8 Å². The standard InChI is InChI=1S/2C6H12O2.Pd/c2*1-2-3-4-5-6(7)8;/h2*2-5H2,1H3,(H,7,8);. The van der Waals surface area contributed by atoms with Crippen LogP contribution in [-0.2, 0) is 30.0 Å². The van der Waals surface area contributed by atoms with Crippen LogP contribution in [0, 0.1) is 0 Å². The number of hydrogen-bond donors (Lipinski definition) is 2. The number of carbonyl (C=O) groups is 2. The summed E-state index contributed by atoms with van der Waals surface area (Å²) in [5.74, 6) is -1.36. The number of hydrogen-bond acceptors (Lipinski definition) is 2. The summed E-state index contributed by atoms with van der Waals surface area (Å²) >= 11 is 0. The van der Waals surface area contributed by atoms with Crippen molar-refractivity contribution < 1.29 is 40.2 Å². The summed E-state index contributed by atoms with van der Waals surface area (Å²) in [5.41, 5.74) is 0. The Morgan fingerprint density at radius 1 is 0.765 bits per heavy atom. The minimum Gasteiger partial charge on any atom is -0.481 e. The molecule has 5 heteroatoms. The van der Waals surface area contributed by atoms with Crippen LogP contribution >= 0.6 is 0 Å². The van der Waals surface area contributed by atoms with Crippen LogP contribution < -0.4 is 0 Å². The molecular formula is C12H24O4Pd. The van der Waals surface area contributed by atoms with Crippen LogP contribution in [0.1, 0.15) is 65.2 Å². The minimum atomic E-state index is -0.682. The van der Waals surface area contributed by atoms with Crippen molar-refractivity contribution in [2.24, 2.45) is 0 Å². The summed E-state index contributed by atoms with van der Waals surface area (Å²) in [6.07, 6.45) is 6.55. The molecule has 2 N–H and O–H groups in total. The van der Waals surface area contributed by atoms with Crippen LogP contribution in [0.4, 0.5) is 0 Å². The van der Waals surface area contributed by atoms with E-state index in [1.165, 1.54) is 0 Å². The SMILES string of the molecule is CCCCCC(=O)O.CCCCCC(=O)O.[Pd]. The Balaban J connectivity index is -0.000000218. The predicted molar refractivity (Wildman–Crippen MR) is 63.6 cm³/mol. The molecule has 0 rings (SSSR count). The maximum atomic E-state index is 9.87. The van der Waals surface area contributed by atoms with Gasteiger partial charge in [0.1, 0.15) is 0 Å². The number of rotatable bonds is 8. The van der Waals surface area contributed by atoms with Crippen molar-refractivity contribution in [3.8, 4) is 0 Å². The second-order valence-corrected chi connectivity index (χ2v) is 3.70. The van der Waals surface area contributed by atoms with Gasteiger partial charge in [-0.1, -0.05) is 39.5 Å². The summed E-state index contributed by atoms with van der Waals surface area (Å²) in [4.78, 5) is 19.7. The quantitative estimate of drug-likeness (QED) is 0.526. The Bertz CT molecular complexity index is 163. The number of unbranched alkanes of at least 4 members (excludes halogenated alkanes) is 4. The Kier molecular flexibility index (Phi) is 23.1. The molecule has 0 aromatic heterocycles. The number of aliphatic carboxylic acids is 2. The van der Waals surface area contributed by atoms with E-state index in [1.54, 1.807) is 0 Å². The first-order valence-corrected chi connectivity index (χ1v) is 5.98. The maximum absolute atomic E-state index is 9.87. The smallest absolute Gasteiger partial charge is 0.303 e. The van der Waals surface area contributed by atoms with Crippen LogP contribution in [0.5, 0.6) is 0 Å². The summed E-state index contributed by atoms with van der Waals surface area (Å²) in [6.45, 7) is 4.11. The molecule has 0 saturated carbocycles. The Morgan fingerprint density at radius 3 is 1.24 bits per heavy atom. The molecule has 0 aliphatic heterocycles. The van der Waals surface area contributed by atoms with Crippen molar-refractivity contribution in [1.82, 2.24) is 0 Å². The van der Waals surface area contributed by atoms with Crippen molar-refractivity contribution in [2.75, 3.05) is 0 Å². The van der Waals surface area contributed by atoms with Crippen LogP contribution in [0.25, 0.3) is 0 Å². The molecule has 0 aromatic carbocycles. The fourth-order valence-electron chi connectivity index (χ4n) is 1.05. The third-order valence-corrected chi connectivity index (χ3v) is 1.99. The van der Waals surface area contributed by atoms with E-state index >= 15 is 0 Å². The summed E-state index contributed by atoms with van der Waals surface area (Å²) < 4.78 is 0. The topological polar surface area (TPSA) is 74.6 Å². The van der Waals surface area contributed by atoms with E-state index in [9.17, 15) is 9.59 Å². The monoisotopic (exact) mass is 338 g/mol. The van der Waals surface area contributed by atoms with Crippen molar-refractivity contribution in [3.05, 3.63) is 0 Å². The zero-order valence-corrected chi connectivity index (χ0v) is 12.2. The van der Waals surface area contributed by atoms with Crippen molar-refractivity contribution in [2.45, 2.75) is 65.2 Å². The molecule has 106 valence electrons. The fraction of sp³-hybridized carbons (Fsp3) is 0.833. The molecule has 0 spiro atoms. The van der Waals surface area contributed by atoms with Gasteiger partial charge >= 0.3 is 11.9 Å². The molecule has 0 amide bonds. The van der Waals surface area contributed by atoms with E-state index in [0.717, 1.165) is 38.5 Å². The molecule has 0 fully saturated rings. The van der Waals surface area contributed by atoms with E-state index in [1.807, 2.05) is 0 Å². The largest absolute Gasteiger partial charge is 0.481 e. The molecule has 0 saturated heterocycles. The molecule has 0 heterocycles. The zero-order valence-electron chi connectivity index (χ0n) is 10.7. The predicted octanol–water partition coefficient (Wildman–Crippen LogP) is 3.30. The zero-order chi connectivity index (χ0) is 12.8. The Labute approximate surface area is 117 Å². The van der Waals surface area contributed by atoms with Crippen molar-refractivity contribution >= 4 is 11.9 Å². The normalized spacial score (nSPS) is 8.59. The molecule has 0 radical (unpaired) electrons. The summed E-state index contributed by atoms with van der Waals surface area (Å²) in [7, 11) is 0. The number of carboxylic acids is 2. The molecule has 0 bridgehead atoms. The van der Waals surface area contributed by atoms with E-state index < -0.39 is 11.9 Å². The van der Waals surface area contributed by atoms with Crippen molar-refractivity contribution in [1.29, 1.82) is 0 Å². The molecule has 0 atom stereocenters. The van der Waals surface area contributed by atoms with Crippen LogP contribution in [0.3, 0.4) is 0 Å². The second-order valence-electron chi connectivity index (χ2n) is 3.70. The number of carboxylic acid groups (broad SMARTS) is 2. The minimum absolute atomic E-state index is 0. The van der Waals surface area contributed by atoms with Gasteiger partial charge in [0.2, 0.25) is 0 Å². The van der Waals surface area contributed by atoms with Crippen LogP contribution in [0.15, 0.2) is 0 Å². The van der Waals surface area contributed by atoms with Gasteiger partial charge in [-0.05, 0) is 12.8 Å². The summed E-state index contributed by atoms with van der Waals surface area (Å²) in [6, 6.07) is 0. The molecular weight excluding hydrogens is 315 g/mol. The van der Waals surface area contributed by atoms with Gasteiger partial charge in [0, 0.05) is 33.3 Å². The second kappa shape index (κ2) is 18.0. The van der Waals surface area contributed by atoms with Crippen LogP contribution in [-0.4, -0.2) is 22.2 Å². The molecule has 0 aliphatic carbocycles. The first-order valence-electron chi connectivity index (χ1n) is 5.98. The Hall–Kier alpha value is -0.398. The van der Waals surface area contributed by atoms with Crippen molar-refractivity contribution in [3.63, 3.8) is 0 Å². The average molecular weight is 339 g/mol. The summed E-state index contributed by atoms with van der Waals surface area (Å²) in [5, 5.41) is 16.3. The van der Waals surface area contributed by atoms with E-state index in [4.69, 9.17) is 10.2 Å². The van der Waals surface area contributed by atoms with Gasteiger partial charge in [0.15, 0.2) is 0 Å². The molecule has 4 nitrogen and oxygen atoms in total. The van der Waals surface area contributed by atoms with Gasteiger partial charge in [-0.25, -0.2) is 0 Å². The fourth-order valence-corrected chi connectivity index (χ4v) is 1.05. The molecule has 0 unspecified atom stereocenters. The van der Waals surface area contributed by atoms with Gasteiger partial charge in [0.05, 0.1) is 0 Å².